The van der Waals surface area contributed by atoms with Crippen molar-refractivity contribution in [2.24, 2.45) is 0 Å². The largest absolute Gasteiger partial charge is 0.484 e. The van der Waals surface area contributed by atoms with E-state index in [4.69, 9.17) is 9.47 Å². The van der Waals surface area contributed by atoms with Crippen LogP contribution < -0.4 is 15.0 Å². The SMILES string of the molecule is Cc1ccc(CN(C(=O)COc2ccccc2)c2cccc(CC(=O)NCC3CCCO3)c2)cc1. The van der Waals surface area contributed by atoms with Crippen LogP contribution in [0.1, 0.15) is 29.5 Å². The van der Waals surface area contributed by atoms with Gasteiger partial charge in [0.25, 0.3) is 5.91 Å². The van der Waals surface area contributed by atoms with Gasteiger partial charge in [0.2, 0.25) is 5.91 Å². The minimum atomic E-state index is -0.158. The molecule has 0 aromatic heterocycles. The molecule has 35 heavy (non-hydrogen) atoms. The zero-order valence-electron chi connectivity index (χ0n) is 20.1. The first kappa shape index (κ1) is 24.5. The van der Waals surface area contributed by atoms with Gasteiger partial charge in [0, 0.05) is 18.8 Å². The molecule has 1 aliphatic rings. The van der Waals surface area contributed by atoms with Gasteiger partial charge in [-0.3, -0.25) is 9.59 Å². The average Bonchev–Trinajstić information content (AvgIpc) is 3.40. The van der Waals surface area contributed by atoms with Gasteiger partial charge in [-0.05, 0) is 55.2 Å². The van der Waals surface area contributed by atoms with E-state index in [9.17, 15) is 9.59 Å². The smallest absolute Gasteiger partial charge is 0.265 e. The molecule has 1 N–H and O–H groups in total. The summed E-state index contributed by atoms with van der Waals surface area (Å²) in [6, 6.07) is 25.0. The Kier molecular flexibility index (Phi) is 8.52. The van der Waals surface area contributed by atoms with Crippen molar-refractivity contribution in [1.29, 1.82) is 0 Å². The molecule has 0 saturated carbocycles. The Morgan fingerprint density at radius 3 is 2.54 bits per heavy atom. The number of anilines is 1. The summed E-state index contributed by atoms with van der Waals surface area (Å²) in [5.41, 5.74) is 3.76. The Balaban J connectivity index is 1.46. The molecule has 1 heterocycles. The molecule has 6 heteroatoms. The second kappa shape index (κ2) is 12.2. The molecule has 182 valence electrons. The molecule has 6 nitrogen and oxygen atoms in total. The van der Waals surface area contributed by atoms with Gasteiger partial charge in [-0.1, -0.05) is 60.2 Å². The van der Waals surface area contributed by atoms with Gasteiger partial charge in [-0.15, -0.1) is 0 Å². The summed E-state index contributed by atoms with van der Waals surface area (Å²) in [6.45, 7) is 3.66. The fraction of sp³-hybridized carbons (Fsp3) is 0.310. The second-order valence-corrected chi connectivity index (χ2v) is 8.85. The summed E-state index contributed by atoms with van der Waals surface area (Å²) < 4.78 is 11.3. The van der Waals surface area contributed by atoms with Crippen LogP contribution in [0.15, 0.2) is 78.9 Å². The molecule has 3 aromatic carbocycles. The maximum absolute atomic E-state index is 13.3. The lowest BCUT2D eigenvalue weighted by molar-refractivity contribution is -0.121. The molecule has 2 amide bonds. The third-order valence-electron chi connectivity index (χ3n) is 6.01. The second-order valence-electron chi connectivity index (χ2n) is 8.85. The van der Waals surface area contributed by atoms with Crippen molar-refractivity contribution in [2.45, 2.75) is 38.8 Å². The lowest BCUT2D eigenvalue weighted by atomic mass is 10.1. The van der Waals surface area contributed by atoms with Crippen LogP contribution in [0.3, 0.4) is 0 Å². The topological polar surface area (TPSA) is 67.9 Å². The zero-order chi connectivity index (χ0) is 24.5. The van der Waals surface area contributed by atoms with E-state index in [1.54, 1.807) is 4.90 Å². The Labute approximate surface area is 206 Å². The highest BCUT2D eigenvalue weighted by Crippen LogP contribution is 2.21. The first-order chi connectivity index (χ1) is 17.1. The van der Waals surface area contributed by atoms with E-state index < -0.39 is 0 Å². The number of para-hydroxylation sites is 1. The molecular formula is C29H32N2O4. The van der Waals surface area contributed by atoms with Crippen molar-refractivity contribution < 1.29 is 19.1 Å². The number of ether oxygens (including phenoxy) is 2. The van der Waals surface area contributed by atoms with Crippen LogP contribution in [0.25, 0.3) is 0 Å². The molecule has 0 aliphatic carbocycles. The summed E-state index contributed by atoms with van der Waals surface area (Å²) in [5.74, 6) is 0.434. The Bertz CT molecular complexity index is 1110. The van der Waals surface area contributed by atoms with Crippen molar-refractivity contribution in [2.75, 3.05) is 24.7 Å². The van der Waals surface area contributed by atoms with E-state index >= 15 is 0 Å². The van der Waals surface area contributed by atoms with Crippen molar-refractivity contribution in [3.05, 3.63) is 95.6 Å². The lowest BCUT2D eigenvalue weighted by Crippen LogP contribution is -2.35. The number of nitrogens with one attached hydrogen (secondary N) is 1. The number of hydrogen-bond donors (Lipinski definition) is 1. The monoisotopic (exact) mass is 472 g/mol. The van der Waals surface area contributed by atoms with Gasteiger partial charge in [0.15, 0.2) is 6.61 Å². The molecule has 1 fully saturated rings. The van der Waals surface area contributed by atoms with Gasteiger partial charge in [-0.25, -0.2) is 0 Å². The van der Waals surface area contributed by atoms with E-state index in [-0.39, 0.29) is 30.9 Å². The number of aryl methyl sites for hydroxylation is 1. The van der Waals surface area contributed by atoms with Crippen LogP contribution in [-0.2, 0) is 27.3 Å². The number of carbonyl (C=O) groups is 2. The van der Waals surface area contributed by atoms with Crippen LogP contribution in [-0.4, -0.2) is 37.7 Å². The molecule has 4 rings (SSSR count). The molecule has 1 unspecified atom stereocenters. The fourth-order valence-electron chi connectivity index (χ4n) is 4.05. The van der Waals surface area contributed by atoms with Crippen molar-refractivity contribution in [3.8, 4) is 5.75 Å². The molecule has 0 radical (unpaired) electrons. The van der Waals surface area contributed by atoms with E-state index in [1.165, 1.54) is 0 Å². The fourth-order valence-corrected chi connectivity index (χ4v) is 4.05. The Hall–Kier alpha value is -3.64. The standard InChI is InChI=1S/C29H32N2O4/c1-22-12-14-23(15-13-22)20-31(29(33)21-35-26-9-3-2-4-10-26)25-8-5-7-24(17-25)18-28(32)30-19-27-11-6-16-34-27/h2-5,7-10,12-15,17,27H,6,11,16,18-21H2,1H3,(H,30,32). The summed E-state index contributed by atoms with van der Waals surface area (Å²) in [5, 5.41) is 2.96. The van der Waals surface area contributed by atoms with Crippen LogP contribution in [0, 0.1) is 6.92 Å². The van der Waals surface area contributed by atoms with Gasteiger partial charge < -0.3 is 19.7 Å². The number of amides is 2. The molecular weight excluding hydrogens is 440 g/mol. The minimum Gasteiger partial charge on any atom is -0.484 e. The van der Waals surface area contributed by atoms with E-state index in [1.807, 2.05) is 85.8 Å². The van der Waals surface area contributed by atoms with Crippen LogP contribution >= 0.6 is 0 Å². The molecule has 1 aliphatic heterocycles. The molecule has 1 atom stereocenters. The maximum Gasteiger partial charge on any atom is 0.265 e. The molecule has 0 spiro atoms. The van der Waals surface area contributed by atoms with Crippen LogP contribution in [0.5, 0.6) is 5.75 Å². The molecule has 0 bridgehead atoms. The summed E-state index contributed by atoms with van der Waals surface area (Å²) in [6.07, 6.45) is 2.38. The summed E-state index contributed by atoms with van der Waals surface area (Å²) >= 11 is 0. The predicted octanol–water partition coefficient (Wildman–Crippen LogP) is 4.44. The first-order valence-electron chi connectivity index (χ1n) is 12.1. The summed E-state index contributed by atoms with van der Waals surface area (Å²) in [7, 11) is 0. The molecule has 1 saturated heterocycles. The number of rotatable bonds is 10. The molecule has 3 aromatic rings. The van der Waals surface area contributed by atoms with E-state index in [0.717, 1.165) is 41.8 Å². The quantitative estimate of drug-likeness (QED) is 0.474. The van der Waals surface area contributed by atoms with E-state index in [0.29, 0.717) is 18.8 Å². The lowest BCUT2D eigenvalue weighted by Gasteiger charge is -2.24. The highest BCUT2D eigenvalue weighted by Gasteiger charge is 2.19. The third-order valence-corrected chi connectivity index (χ3v) is 6.01. The highest BCUT2D eigenvalue weighted by atomic mass is 16.5. The third kappa shape index (κ3) is 7.42. The van der Waals surface area contributed by atoms with Crippen molar-refractivity contribution >= 4 is 17.5 Å². The van der Waals surface area contributed by atoms with Gasteiger partial charge in [0.1, 0.15) is 5.75 Å². The average molecular weight is 473 g/mol. The number of benzene rings is 3. The first-order valence-corrected chi connectivity index (χ1v) is 12.1. The van der Waals surface area contributed by atoms with Crippen molar-refractivity contribution in [3.63, 3.8) is 0 Å². The maximum atomic E-state index is 13.3. The highest BCUT2D eigenvalue weighted by molar-refractivity contribution is 5.94. The normalized spacial score (nSPS) is 14.9. The van der Waals surface area contributed by atoms with Gasteiger partial charge in [-0.2, -0.15) is 0 Å². The van der Waals surface area contributed by atoms with Crippen LogP contribution in [0.2, 0.25) is 0 Å². The predicted molar refractivity (Wildman–Crippen MR) is 136 cm³/mol. The van der Waals surface area contributed by atoms with Gasteiger partial charge in [0.05, 0.1) is 19.1 Å². The minimum absolute atomic E-state index is 0.0542. The van der Waals surface area contributed by atoms with Gasteiger partial charge >= 0.3 is 0 Å². The van der Waals surface area contributed by atoms with E-state index in [2.05, 4.69) is 5.32 Å². The van der Waals surface area contributed by atoms with Crippen molar-refractivity contribution in [1.82, 2.24) is 5.32 Å². The number of nitrogens with zero attached hydrogens (tertiary/aromatic N) is 1. The number of hydrogen-bond acceptors (Lipinski definition) is 4. The number of carbonyl (C=O) groups excluding carboxylic acids is 2. The zero-order valence-corrected chi connectivity index (χ0v) is 20.1. The van der Waals surface area contributed by atoms with Crippen LogP contribution in [0.4, 0.5) is 5.69 Å². The Morgan fingerprint density at radius 1 is 1.00 bits per heavy atom. The summed E-state index contributed by atoms with van der Waals surface area (Å²) in [4.78, 5) is 27.5. The Morgan fingerprint density at radius 2 is 1.80 bits per heavy atom.